The van der Waals surface area contributed by atoms with Crippen molar-refractivity contribution < 1.29 is 18.0 Å². The molecule has 1 atom stereocenters. The highest BCUT2D eigenvalue weighted by atomic mass is 32.2. The van der Waals surface area contributed by atoms with Gasteiger partial charge in [0.2, 0.25) is 21.8 Å². The fourth-order valence-corrected chi connectivity index (χ4v) is 5.70. The Labute approximate surface area is 215 Å². The smallest absolute Gasteiger partial charge is 0.244 e. The number of nitrogens with one attached hydrogen (secondary N) is 1. The Bertz CT molecular complexity index is 1140. The van der Waals surface area contributed by atoms with Crippen LogP contribution in [-0.2, 0) is 26.2 Å². The molecule has 8 heteroatoms. The average Bonchev–Trinajstić information content (AvgIpc) is 2.84. The predicted molar refractivity (Wildman–Crippen MR) is 144 cm³/mol. The van der Waals surface area contributed by atoms with Crippen molar-refractivity contribution in [2.24, 2.45) is 0 Å². The van der Waals surface area contributed by atoms with Crippen LogP contribution in [0.1, 0.15) is 62.1 Å². The fraction of sp³-hybridized carbons (Fsp3) is 0.500. The van der Waals surface area contributed by atoms with Gasteiger partial charge in [-0.1, -0.05) is 74.2 Å². The van der Waals surface area contributed by atoms with Crippen LogP contribution < -0.4 is 9.62 Å². The quantitative estimate of drug-likeness (QED) is 0.512. The Kier molecular flexibility index (Phi) is 9.54. The highest BCUT2D eigenvalue weighted by Crippen LogP contribution is 2.24. The van der Waals surface area contributed by atoms with E-state index in [1.54, 1.807) is 17.0 Å². The van der Waals surface area contributed by atoms with Crippen LogP contribution in [0.2, 0.25) is 0 Å². The van der Waals surface area contributed by atoms with Crippen molar-refractivity contribution in [1.82, 2.24) is 10.2 Å². The minimum Gasteiger partial charge on any atom is -0.352 e. The van der Waals surface area contributed by atoms with E-state index in [9.17, 15) is 18.0 Å². The lowest BCUT2D eigenvalue weighted by Gasteiger charge is -2.34. The van der Waals surface area contributed by atoms with Crippen LogP contribution in [-0.4, -0.2) is 50.0 Å². The van der Waals surface area contributed by atoms with E-state index in [4.69, 9.17) is 0 Å². The van der Waals surface area contributed by atoms with E-state index in [-0.39, 0.29) is 25.0 Å². The van der Waals surface area contributed by atoms with Crippen molar-refractivity contribution in [2.75, 3.05) is 17.1 Å². The molecular formula is C28H39N3O4S. The van der Waals surface area contributed by atoms with Crippen LogP contribution in [0, 0.1) is 13.8 Å². The third-order valence-electron chi connectivity index (χ3n) is 6.87. The van der Waals surface area contributed by atoms with Gasteiger partial charge in [-0.15, -0.1) is 0 Å². The molecule has 2 aromatic rings. The summed E-state index contributed by atoms with van der Waals surface area (Å²) < 4.78 is 26.6. The maximum Gasteiger partial charge on any atom is 0.244 e. The second-order valence-electron chi connectivity index (χ2n) is 9.83. The van der Waals surface area contributed by atoms with Gasteiger partial charge in [-0.3, -0.25) is 13.9 Å². The minimum atomic E-state index is -3.74. The molecule has 0 aromatic heterocycles. The summed E-state index contributed by atoms with van der Waals surface area (Å²) in [6.45, 7) is 5.54. The molecular weight excluding hydrogens is 474 g/mol. The maximum absolute atomic E-state index is 13.8. The Balaban J connectivity index is 1.91. The lowest BCUT2D eigenvalue weighted by atomic mass is 9.95. The van der Waals surface area contributed by atoms with Crippen LogP contribution in [0.15, 0.2) is 48.5 Å². The number of carbonyl (C=O) groups is 2. The number of rotatable bonds is 10. The monoisotopic (exact) mass is 513 g/mol. The molecule has 36 heavy (non-hydrogen) atoms. The van der Waals surface area contributed by atoms with Crippen molar-refractivity contribution in [1.29, 1.82) is 0 Å². The highest BCUT2D eigenvalue weighted by Gasteiger charge is 2.33. The molecule has 0 heterocycles. The SMILES string of the molecule is CC[C@@H](C(=O)NC1CCCCC1)N(Cc1ccc(C)cc1)C(=O)CN(c1ccccc1C)S(C)(=O)=O. The second-order valence-corrected chi connectivity index (χ2v) is 11.7. The van der Waals surface area contributed by atoms with E-state index in [2.05, 4.69) is 5.32 Å². The number of carbonyl (C=O) groups excluding carboxylic acids is 2. The van der Waals surface area contributed by atoms with Crippen LogP contribution in [0.4, 0.5) is 5.69 Å². The molecule has 1 aliphatic rings. The van der Waals surface area contributed by atoms with E-state index in [1.807, 2.05) is 57.2 Å². The number of anilines is 1. The van der Waals surface area contributed by atoms with Gasteiger partial charge >= 0.3 is 0 Å². The Morgan fingerprint density at radius 2 is 1.64 bits per heavy atom. The Morgan fingerprint density at radius 1 is 1.00 bits per heavy atom. The summed E-state index contributed by atoms with van der Waals surface area (Å²) in [5.41, 5.74) is 3.20. The number of hydrogen-bond acceptors (Lipinski definition) is 4. The molecule has 1 aliphatic carbocycles. The molecule has 0 unspecified atom stereocenters. The largest absolute Gasteiger partial charge is 0.352 e. The highest BCUT2D eigenvalue weighted by molar-refractivity contribution is 7.92. The first-order chi connectivity index (χ1) is 17.1. The number of benzene rings is 2. The van der Waals surface area contributed by atoms with Crippen molar-refractivity contribution >= 4 is 27.5 Å². The van der Waals surface area contributed by atoms with Gasteiger partial charge in [0.25, 0.3) is 0 Å². The van der Waals surface area contributed by atoms with Crippen LogP contribution in [0.25, 0.3) is 0 Å². The van der Waals surface area contributed by atoms with Gasteiger partial charge in [0.05, 0.1) is 11.9 Å². The van der Waals surface area contributed by atoms with E-state index in [0.29, 0.717) is 12.1 Å². The number of nitrogens with zero attached hydrogens (tertiary/aromatic N) is 2. The molecule has 1 N–H and O–H groups in total. The van der Waals surface area contributed by atoms with Gasteiger partial charge in [-0.25, -0.2) is 8.42 Å². The first-order valence-corrected chi connectivity index (χ1v) is 14.6. The summed E-state index contributed by atoms with van der Waals surface area (Å²) in [6.07, 6.45) is 6.79. The Hall–Kier alpha value is -2.87. The normalized spacial score (nSPS) is 15.2. The zero-order chi connectivity index (χ0) is 26.3. The molecule has 0 radical (unpaired) electrons. The summed E-state index contributed by atoms with van der Waals surface area (Å²) in [5, 5.41) is 3.16. The van der Waals surface area contributed by atoms with Crippen LogP contribution in [0.3, 0.4) is 0 Å². The van der Waals surface area contributed by atoms with E-state index < -0.39 is 22.0 Å². The first kappa shape index (κ1) is 27.7. The van der Waals surface area contributed by atoms with Crippen molar-refractivity contribution in [3.05, 3.63) is 65.2 Å². The molecule has 0 bridgehead atoms. The lowest BCUT2D eigenvalue weighted by Crippen LogP contribution is -2.54. The maximum atomic E-state index is 13.8. The topological polar surface area (TPSA) is 86.8 Å². The molecule has 0 aliphatic heterocycles. The van der Waals surface area contributed by atoms with Gasteiger partial charge in [0.1, 0.15) is 12.6 Å². The molecule has 0 saturated heterocycles. The number of hydrogen-bond donors (Lipinski definition) is 1. The molecule has 0 spiro atoms. The minimum absolute atomic E-state index is 0.121. The van der Waals surface area contributed by atoms with Crippen LogP contribution >= 0.6 is 0 Å². The summed E-state index contributed by atoms with van der Waals surface area (Å²) in [5.74, 6) is -0.582. The predicted octanol–water partition coefficient (Wildman–Crippen LogP) is 4.33. The molecule has 196 valence electrons. The fourth-order valence-electron chi connectivity index (χ4n) is 4.79. The summed E-state index contributed by atoms with van der Waals surface area (Å²) in [6, 6.07) is 14.3. The summed E-state index contributed by atoms with van der Waals surface area (Å²) >= 11 is 0. The summed E-state index contributed by atoms with van der Waals surface area (Å²) in [7, 11) is -3.74. The van der Waals surface area contributed by atoms with Crippen molar-refractivity contribution in [3.8, 4) is 0 Å². The van der Waals surface area contributed by atoms with E-state index in [0.717, 1.165) is 52.9 Å². The summed E-state index contributed by atoms with van der Waals surface area (Å²) in [4.78, 5) is 28.7. The van der Waals surface area contributed by atoms with Gasteiger partial charge in [0.15, 0.2) is 0 Å². The van der Waals surface area contributed by atoms with Crippen molar-refractivity contribution in [3.63, 3.8) is 0 Å². The number of sulfonamides is 1. The number of aryl methyl sites for hydroxylation is 2. The van der Waals surface area contributed by atoms with Gasteiger partial charge in [0, 0.05) is 12.6 Å². The lowest BCUT2D eigenvalue weighted by molar-refractivity contribution is -0.140. The van der Waals surface area contributed by atoms with E-state index in [1.165, 1.54) is 6.42 Å². The molecule has 1 fully saturated rings. The van der Waals surface area contributed by atoms with Crippen LogP contribution in [0.5, 0.6) is 0 Å². The van der Waals surface area contributed by atoms with Gasteiger partial charge in [-0.05, 0) is 50.3 Å². The molecule has 2 amide bonds. The van der Waals surface area contributed by atoms with Gasteiger partial charge in [-0.2, -0.15) is 0 Å². The second kappa shape index (κ2) is 12.4. The molecule has 3 rings (SSSR count). The molecule has 1 saturated carbocycles. The van der Waals surface area contributed by atoms with Crippen molar-refractivity contribution in [2.45, 2.75) is 77.9 Å². The average molecular weight is 514 g/mol. The first-order valence-electron chi connectivity index (χ1n) is 12.8. The van der Waals surface area contributed by atoms with Gasteiger partial charge < -0.3 is 10.2 Å². The molecule has 7 nitrogen and oxygen atoms in total. The zero-order valence-corrected chi connectivity index (χ0v) is 22.7. The Morgan fingerprint density at radius 3 is 2.22 bits per heavy atom. The number of para-hydroxylation sites is 1. The molecule has 2 aromatic carbocycles. The third-order valence-corrected chi connectivity index (χ3v) is 8.00. The zero-order valence-electron chi connectivity index (χ0n) is 21.9. The number of amides is 2. The standard InChI is InChI=1S/C28H39N3O4S/c1-5-25(28(33)29-24-12-7-6-8-13-24)30(19-23-17-15-21(2)16-18-23)27(32)20-31(36(4,34)35)26-14-10-9-11-22(26)3/h9-11,14-18,24-25H,5-8,12-13,19-20H2,1-4H3,(H,29,33)/t25-/m0/s1. The van der Waals surface area contributed by atoms with E-state index >= 15 is 0 Å². The third kappa shape index (κ3) is 7.32.